The van der Waals surface area contributed by atoms with Crippen LogP contribution in [0.25, 0.3) is 36.5 Å². The van der Waals surface area contributed by atoms with E-state index in [2.05, 4.69) is 152 Å². The van der Waals surface area contributed by atoms with E-state index in [1.807, 2.05) is 12.2 Å². The lowest BCUT2D eigenvalue weighted by Crippen LogP contribution is -2.43. The fourth-order valence-corrected chi connectivity index (χ4v) is 17.8. The molecule has 0 unspecified atom stereocenters. The highest BCUT2D eigenvalue weighted by Crippen LogP contribution is 2.25. The van der Waals surface area contributed by atoms with Crippen LogP contribution in [0.2, 0.25) is 57.4 Å². The summed E-state index contributed by atoms with van der Waals surface area (Å²) in [6.07, 6.45) is 38.3. The molecule has 3 aromatic carbocycles. The van der Waals surface area contributed by atoms with Crippen LogP contribution in [0.3, 0.4) is 0 Å². The van der Waals surface area contributed by atoms with Gasteiger partial charge in [-0.05, 0) is 33.4 Å². The summed E-state index contributed by atoms with van der Waals surface area (Å²) in [5.74, 6) is 0. The van der Waals surface area contributed by atoms with Crippen molar-refractivity contribution in [2.24, 2.45) is 0 Å². The number of hydrogen-bond donors (Lipinski definition) is 0. The second-order valence-corrected chi connectivity index (χ2v) is 34.2. The van der Waals surface area contributed by atoms with Crippen LogP contribution in [0.5, 0.6) is 0 Å². The second kappa shape index (κ2) is 26.6. The predicted octanol–water partition coefficient (Wildman–Crippen LogP) is 17.1. The molecule has 0 nitrogen and oxygen atoms in total. The summed E-state index contributed by atoms with van der Waals surface area (Å²) in [6, 6.07) is 25.6. The Morgan fingerprint density at radius 1 is 0.356 bits per heavy atom. The van der Waals surface area contributed by atoms with Gasteiger partial charge in [-0.15, -0.1) is 0 Å². The Morgan fingerprint density at radius 3 is 0.949 bits per heavy atom. The Morgan fingerprint density at radius 2 is 0.627 bits per heavy atom. The molecule has 324 valence electrons. The van der Waals surface area contributed by atoms with E-state index in [9.17, 15) is 0 Å². The SMILES string of the molecule is C=Cc1ccc(/C=C/c2ccc(/C=C/c3ccc(C=C)cc3[Si](C)(C)CCCCCCCC)c([Si](C)(C)CCCCCCCC)c2)c([Si](C)(C)CCCCCCCC)c1. The zero-order valence-corrected chi connectivity index (χ0v) is 42.9. The van der Waals surface area contributed by atoms with Crippen LogP contribution in [-0.4, -0.2) is 24.2 Å². The average Bonchev–Trinajstić information content (AvgIpc) is 3.23. The third-order valence-corrected chi connectivity index (χ3v) is 23.7. The third kappa shape index (κ3) is 17.3. The Hall–Kier alpha value is -2.73. The molecule has 3 heteroatoms. The van der Waals surface area contributed by atoms with Crippen molar-refractivity contribution in [3.63, 3.8) is 0 Å². The first-order valence-electron chi connectivity index (χ1n) is 24.4. The molecule has 0 spiro atoms. The maximum Gasteiger partial charge on any atom is 0.0814 e. The monoisotopic (exact) mass is 845 g/mol. The largest absolute Gasteiger partial charge is 0.0985 e. The first-order chi connectivity index (χ1) is 28.3. The average molecular weight is 846 g/mol. The third-order valence-electron chi connectivity index (χ3n) is 13.3. The highest BCUT2D eigenvalue weighted by Gasteiger charge is 2.28. The summed E-state index contributed by atoms with van der Waals surface area (Å²) >= 11 is 0. The lowest BCUT2D eigenvalue weighted by atomic mass is 10.1. The number of unbranched alkanes of at least 4 members (excludes halogenated alkanes) is 15. The Labute approximate surface area is 369 Å². The van der Waals surface area contributed by atoms with Gasteiger partial charge < -0.3 is 0 Å². The molecule has 3 aromatic rings. The topological polar surface area (TPSA) is 0 Å². The molecule has 3 rings (SSSR count). The van der Waals surface area contributed by atoms with E-state index in [4.69, 9.17) is 0 Å². The Kier molecular flexibility index (Phi) is 22.8. The summed E-state index contributed by atoms with van der Waals surface area (Å²) in [5.41, 5.74) is 8.06. The van der Waals surface area contributed by atoms with Crippen molar-refractivity contribution in [2.45, 2.75) is 194 Å². The van der Waals surface area contributed by atoms with E-state index in [1.54, 1.807) is 15.6 Å². The van der Waals surface area contributed by atoms with E-state index in [0.717, 1.165) is 0 Å². The molecular formula is C56H88Si3. The zero-order chi connectivity index (χ0) is 43.2. The van der Waals surface area contributed by atoms with Crippen LogP contribution in [0.4, 0.5) is 0 Å². The zero-order valence-electron chi connectivity index (χ0n) is 39.9. The first kappa shape index (κ1) is 50.6. The van der Waals surface area contributed by atoms with Gasteiger partial charge in [0.2, 0.25) is 0 Å². The van der Waals surface area contributed by atoms with Gasteiger partial charge in [-0.25, -0.2) is 0 Å². The van der Waals surface area contributed by atoms with Crippen molar-refractivity contribution in [3.8, 4) is 0 Å². The minimum absolute atomic E-state index is 1.25. The minimum atomic E-state index is -1.74. The van der Waals surface area contributed by atoms with Gasteiger partial charge in [0, 0.05) is 0 Å². The Bertz CT molecular complexity index is 1750. The molecule has 0 aliphatic heterocycles. The van der Waals surface area contributed by atoms with E-state index in [-0.39, 0.29) is 0 Å². The molecule has 0 aromatic heterocycles. The smallest absolute Gasteiger partial charge is 0.0814 e. The molecule has 0 radical (unpaired) electrons. The molecule has 0 fully saturated rings. The maximum atomic E-state index is 4.15. The predicted molar refractivity (Wildman–Crippen MR) is 283 cm³/mol. The van der Waals surface area contributed by atoms with Crippen LogP contribution in [0, 0.1) is 0 Å². The molecule has 0 saturated heterocycles. The molecule has 0 aliphatic carbocycles. The van der Waals surface area contributed by atoms with Crippen LogP contribution < -0.4 is 15.6 Å². The number of rotatable bonds is 30. The van der Waals surface area contributed by atoms with E-state index in [1.165, 1.54) is 167 Å². The van der Waals surface area contributed by atoms with Crippen molar-refractivity contribution in [1.29, 1.82) is 0 Å². The molecule has 0 aliphatic rings. The molecule has 59 heavy (non-hydrogen) atoms. The molecular weight excluding hydrogens is 757 g/mol. The molecule has 0 bridgehead atoms. The quantitative estimate of drug-likeness (QED) is 0.0356. The van der Waals surface area contributed by atoms with Crippen LogP contribution in [0.1, 0.15) is 170 Å². The summed E-state index contributed by atoms with van der Waals surface area (Å²) in [4.78, 5) is 0. The first-order valence-corrected chi connectivity index (χ1v) is 34.0. The van der Waals surface area contributed by atoms with Gasteiger partial charge in [-0.3, -0.25) is 0 Å². The lowest BCUT2D eigenvalue weighted by molar-refractivity contribution is 0.623. The fraction of sp³-hybridized carbons (Fsp3) is 0.536. The van der Waals surface area contributed by atoms with E-state index < -0.39 is 24.2 Å². The van der Waals surface area contributed by atoms with Crippen LogP contribution in [0.15, 0.2) is 67.8 Å². The normalized spacial score (nSPS) is 12.6. The van der Waals surface area contributed by atoms with Gasteiger partial charge in [0.1, 0.15) is 0 Å². The molecule has 0 atom stereocenters. The van der Waals surface area contributed by atoms with E-state index >= 15 is 0 Å². The molecule has 0 saturated carbocycles. The second-order valence-electron chi connectivity index (χ2n) is 19.8. The highest BCUT2D eigenvalue weighted by atomic mass is 28.3. The summed E-state index contributed by atoms with van der Waals surface area (Å²) in [5, 5.41) is 4.78. The minimum Gasteiger partial charge on any atom is -0.0985 e. The van der Waals surface area contributed by atoms with Gasteiger partial charge in [0.05, 0.1) is 24.2 Å². The van der Waals surface area contributed by atoms with Gasteiger partial charge in [0.15, 0.2) is 0 Å². The highest BCUT2D eigenvalue weighted by molar-refractivity contribution is 6.91. The van der Waals surface area contributed by atoms with Gasteiger partial charge in [0.25, 0.3) is 0 Å². The van der Waals surface area contributed by atoms with Crippen molar-refractivity contribution in [1.82, 2.24) is 0 Å². The maximum absolute atomic E-state index is 4.15. The van der Waals surface area contributed by atoms with Crippen molar-refractivity contribution in [3.05, 3.63) is 101 Å². The van der Waals surface area contributed by atoms with Gasteiger partial charge in [-0.2, -0.15) is 0 Å². The lowest BCUT2D eigenvalue weighted by Gasteiger charge is -2.27. The standard InChI is InChI=1S/C56H88Si3/c1-12-17-20-23-26-29-42-57(6,7)54-45-48(15-4)32-36-51(54)38-34-50-35-39-53(56(47-50)59(10,11)44-31-28-25-22-19-14-3)41-40-52-37-33-49(16-5)46-55(52)58(8,9)43-30-27-24-21-18-13-2/h15-16,32-41,45-47H,4-5,12-14,17-31,42-44H2,1-3,6-11H3/b38-34+,41-40+. The summed E-state index contributed by atoms with van der Waals surface area (Å²) in [7, 11) is -5.04. The summed E-state index contributed by atoms with van der Waals surface area (Å²) < 4.78 is 0. The number of benzene rings is 3. The molecule has 0 heterocycles. The Balaban J connectivity index is 1.99. The van der Waals surface area contributed by atoms with Gasteiger partial charge >= 0.3 is 0 Å². The molecule has 0 N–H and O–H groups in total. The number of hydrogen-bond acceptors (Lipinski definition) is 0. The van der Waals surface area contributed by atoms with Crippen molar-refractivity contribution in [2.75, 3.05) is 0 Å². The van der Waals surface area contributed by atoms with E-state index in [0.29, 0.717) is 0 Å². The van der Waals surface area contributed by atoms with Crippen LogP contribution >= 0.6 is 0 Å². The molecule has 0 amide bonds. The van der Waals surface area contributed by atoms with Gasteiger partial charge in [-0.1, -0.05) is 314 Å². The summed E-state index contributed by atoms with van der Waals surface area (Å²) in [6.45, 7) is 30.8. The fourth-order valence-electron chi connectivity index (χ4n) is 9.08. The van der Waals surface area contributed by atoms with Crippen LogP contribution in [-0.2, 0) is 0 Å². The van der Waals surface area contributed by atoms with Crippen molar-refractivity contribution >= 4 is 76.2 Å². The van der Waals surface area contributed by atoms with Crippen molar-refractivity contribution < 1.29 is 0 Å².